The molecule has 2 rings (SSSR count). The van der Waals surface area contributed by atoms with Crippen LogP contribution in [0, 0.1) is 12.7 Å². The smallest absolute Gasteiger partial charge is 0.257 e. The minimum atomic E-state index is -4.13. The number of primary sulfonamides is 1. The number of benzene rings is 1. The van der Waals surface area contributed by atoms with Crippen LogP contribution in [0.25, 0.3) is 0 Å². The molecule has 1 aromatic carbocycles. The molecule has 0 aliphatic carbocycles. The number of anilines is 1. The van der Waals surface area contributed by atoms with Crippen molar-refractivity contribution in [3.63, 3.8) is 0 Å². The minimum absolute atomic E-state index is 0.117. The lowest BCUT2D eigenvalue weighted by molar-refractivity contribution is 0.102. The third-order valence-corrected chi connectivity index (χ3v) is 3.58. The molecular formula is C13H12FN3O3S. The molecule has 1 amide bonds. The summed E-state index contributed by atoms with van der Waals surface area (Å²) >= 11 is 0. The van der Waals surface area contributed by atoms with Crippen LogP contribution in [0.3, 0.4) is 0 Å². The summed E-state index contributed by atoms with van der Waals surface area (Å²) in [4.78, 5) is 15.2. The summed E-state index contributed by atoms with van der Waals surface area (Å²) < 4.78 is 35.8. The highest BCUT2D eigenvalue weighted by Crippen LogP contribution is 2.18. The molecule has 0 atom stereocenters. The lowest BCUT2D eigenvalue weighted by atomic mass is 10.2. The van der Waals surface area contributed by atoms with Crippen molar-refractivity contribution in [3.05, 3.63) is 53.6 Å². The van der Waals surface area contributed by atoms with Crippen LogP contribution in [-0.2, 0) is 10.0 Å². The number of pyridine rings is 1. The first-order valence-electron chi connectivity index (χ1n) is 5.83. The van der Waals surface area contributed by atoms with Gasteiger partial charge < -0.3 is 5.32 Å². The van der Waals surface area contributed by atoms with Gasteiger partial charge in [0.25, 0.3) is 5.91 Å². The standard InChI is InChI=1S/C13H12FN3O3S/c1-8-4-9(7-16-6-8)13(18)17-10-2-3-12(11(14)5-10)21(15,19)20/h2-7H,1H3,(H,17,18)(H2,15,19,20). The van der Waals surface area contributed by atoms with E-state index >= 15 is 0 Å². The van der Waals surface area contributed by atoms with E-state index in [2.05, 4.69) is 10.3 Å². The number of rotatable bonds is 3. The lowest BCUT2D eigenvalue weighted by Gasteiger charge is -2.07. The second kappa shape index (κ2) is 5.58. The van der Waals surface area contributed by atoms with Gasteiger partial charge in [-0.3, -0.25) is 9.78 Å². The number of amides is 1. The Labute approximate surface area is 120 Å². The maximum absolute atomic E-state index is 13.6. The molecule has 1 heterocycles. The van der Waals surface area contributed by atoms with Crippen LogP contribution in [0.4, 0.5) is 10.1 Å². The van der Waals surface area contributed by atoms with Crippen LogP contribution in [0.15, 0.2) is 41.6 Å². The van der Waals surface area contributed by atoms with Crippen LogP contribution < -0.4 is 10.5 Å². The van der Waals surface area contributed by atoms with Gasteiger partial charge in [0.15, 0.2) is 0 Å². The molecule has 110 valence electrons. The van der Waals surface area contributed by atoms with Crippen LogP contribution in [0.5, 0.6) is 0 Å². The summed E-state index contributed by atoms with van der Waals surface area (Å²) in [6, 6.07) is 4.76. The van der Waals surface area contributed by atoms with Gasteiger partial charge in [0.2, 0.25) is 10.0 Å². The number of carbonyl (C=O) groups excluding carboxylic acids is 1. The van der Waals surface area contributed by atoms with Crippen molar-refractivity contribution in [3.8, 4) is 0 Å². The fourth-order valence-electron chi connectivity index (χ4n) is 1.69. The fourth-order valence-corrected chi connectivity index (χ4v) is 2.28. The predicted octanol–water partition coefficient (Wildman–Crippen LogP) is 1.43. The Morgan fingerprint density at radius 1 is 1.29 bits per heavy atom. The van der Waals surface area contributed by atoms with Crippen LogP contribution in [0.1, 0.15) is 15.9 Å². The maximum atomic E-state index is 13.6. The van der Waals surface area contributed by atoms with Gasteiger partial charge in [-0.25, -0.2) is 17.9 Å². The zero-order valence-electron chi connectivity index (χ0n) is 11.0. The molecule has 0 aliphatic rings. The molecule has 2 aromatic rings. The van der Waals surface area contributed by atoms with Gasteiger partial charge >= 0.3 is 0 Å². The average Bonchev–Trinajstić information content (AvgIpc) is 2.37. The first-order valence-corrected chi connectivity index (χ1v) is 7.37. The summed E-state index contributed by atoms with van der Waals surface area (Å²) in [6.07, 6.45) is 2.97. The number of hydrogen-bond acceptors (Lipinski definition) is 4. The number of carbonyl (C=O) groups is 1. The molecule has 0 aliphatic heterocycles. The van der Waals surface area contributed by atoms with E-state index in [4.69, 9.17) is 5.14 Å². The van der Waals surface area contributed by atoms with E-state index in [9.17, 15) is 17.6 Å². The van der Waals surface area contributed by atoms with Gasteiger partial charge in [-0.1, -0.05) is 0 Å². The Kier molecular flexibility index (Phi) is 4.01. The van der Waals surface area contributed by atoms with E-state index in [1.54, 1.807) is 19.2 Å². The molecule has 0 fully saturated rings. The van der Waals surface area contributed by atoms with E-state index in [1.165, 1.54) is 12.3 Å². The fraction of sp³-hybridized carbons (Fsp3) is 0.0769. The zero-order chi connectivity index (χ0) is 15.6. The number of nitrogens with zero attached hydrogens (tertiary/aromatic N) is 1. The molecule has 1 aromatic heterocycles. The van der Waals surface area contributed by atoms with Crippen molar-refractivity contribution in [2.24, 2.45) is 5.14 Å². The van der Waals surface area contributed by atoms with E-state index in [0.29, 0.717) is 5.56 Å². The third kappa shape index (κ3) is 3.61. The Bertz CT molecular complexity index is 806. The summed E-state index contributed by atoms with van der Waals surface area (Å²) in [5.74, 6) is -1.51. The molecule has 0 spiro atoms. The van der Waals surface area contributed by atoms with Gasteiger partial charge in [-0.05, 0) is 36.8 Å². The highest BCUT2D eigenvalue weighted by Gasteiger charge is 2.15. The topological polar surface area (TPSA) is 102 Å². The first-order chi connectivity index (χ1) is 9.77. The van der Waals surface area contributed by atoms with Crippen molar-refractivity contribution < 1.29 is 17.6 Å². The molecule has 6 nitrogen and oxygen atoms in total. The molecule has 0 saturated heterocycles. The SMILES string of the molecule is Cc1cncc(C(=O)Nc2ccc(S(N)(=O)=O)c(F)c2)c1. The normalized spacial score (nSPS) is 11.2. The molecular weight excluding hydrogens is 297 g/mol. The third-order valence-electron chi connectivity index (χ3n) is 2.63. The van der Waals surface area contributed by atoms with Gasteiger partial charge in [-0.15, -0.1) is 0 Å². The van der Waals surface area contributed by atoms with Gasteiger partial charge in [-0.2, -0.15) is 0 Å². The summed E-state index contributed by atoms with van der Waals surface area (Å²) in [5.41, 5.74) is 1.23. The first kappa shape index (κ1) is 15.1. The molecule has 8 heteroatoms. The summed E-state index contributed by atoms with van der Waals surface area (Å²) in [7, 11) is -4.13. The second-order valence-corrected chi connectivity index (χ2v) is 5.93. The van der Waals surface area contributed by atoms with Crippen molar-refractivity contribution >= 4 is 21.6 Å². The minimum Gasteiger partial charge on any atom is -0.322 e. The molecule has 21 heavy (non-hydrogen) atoms. The Hall–Kier alpha value is -2.32. The number of aromatic nitrogens is 1. The highest BCUT2D eigenvalue weighted by molar-refractivity contribution is 7.89. The Balaban J connectivity index is 2.25. The number of hydrogen-bond donors (Lipinski definition) is 2. The Morgan fingerprint density at radius 3 is 2.57 bits per heavy atom. The van der Waals surface area contributed by atoms with E-state index < -0.39 is 26.6 Å². The molecule has 0 saturated carbocycles. The molecule has 0 radical (unpaired) electrons. The van der Waals surface area contributed by atoms with E-state index in [1.807, 2.05) is 0 Å². The second-order valence-electron chi connectivity index (χ2n) is 4.40. The largest absolute Gasteiger partial charge is 0.322 e. The quantitative estimate of drug-likeness (QED) is 0.895. The number of aryl methyl sites for hydroxylation is 1. The van der Waals surface area contributed by atoms with Crippen LogP contribution in [0.2, 0.25) is 0 Å². The van der Waals surface area contributed by atoms with Crippen LogP contribution in [-0.4, -0.2) is 19.3 Å². The van der Waals surface area contributed by atoms with Crippen LogP contribution >= 0.6 is 0 Å². The number of nitrogens with one attached hydrogen (secondary N) is 1. The maximum Gasteiger partial charge on any atom is 0.257 e. The number of nitrogens with two attached hydrogens (primary N) is 1. The summed E-state index contributed by atoms with van der Waals surface area (Å²) in [6.45, 7) is 1.78. The number of halogens is 1. The number of sulfonamides is 1. The highest BCUT2D eigenvalue weighted by atomic mass is 32.2. The average molecular weight is 309 g/mol. The van der Waals surface area contributed by atoms with Gasteiger partial charge in [0.05, 0.1) is 5.56 Å². The van der Waals surface area contributed by atoms with Gasteiger partial charge in [0.1, 0.15) is 10.7 Å². The summed E-state index contributed by atoms with van der Waals surface area (Å²) in [5, 5.41) is 7.30. The Morgan fingerprint density at radius 2 is 2.00 bits per heavy atom. The van der Waals surface area contributed by atoms with Crippen molar-refractivity contribution in [2.75, 3.05) is 5.32 Å². The molecule has 0 bridgehead atoms. The zero-order valence-corrected chi connectivity index (χ0v) is 11.8. The lowest BCUT2D eigenvalue weighted by Crippen LogP contribution is -2.15. The van der Waals surface area contributed by atoms with E-state index in [0.717, 1.165) is 17.7 Å². The molecule has 0 unspecified atom stereocenters. The van der Waals surface area contributed by atoms with Crippen molar-refractivity contribution in [2.45, 2.75) is 11.8 Å². The molecule has 3 N–H and O–H groups in total. The monoisotopic (exact) mass is 309 g/mol. The predicted molar refractivity (Wildman–Crippen MR) is 74.7 cm³/mol. The van der Waals surface area contributed by atoms with E-state index in [-0.39, 0.29) is 5.69 Å². The van der Waals surface area contributed by atoms with Crippen molar-refractivity contribution in [1.29, 1.82) is 0 Å². The van der Waals surface area contributed by atoms with Gasteiger partial charge in [0, 0.05) is 18.1 Å². The van der Waals surface area contributed by atoms with Crippen molar-refractivity contribution in [1.82, 2.24) is 4.98 Å².